The molecule has 0 atom stereocenters. The summed E-state index contributed by atoms with van der Waals surface area (Å²) in [4.78, 5) is 0. The summed E-state index contributed by atoms with van der Waals surface area (Å²) >= 11 is 0. The first-order valence-corrected chi connectivity index (χ1v) is 6.96. The van der Waals surface area contributed by atoms with E-state index in [0.29, 0.717) is 0 Å². The SMILES string of the molecule is CCC(O)(C=CC1=C(C)CCCC1(C)C)CC. The lowest BCUT2D eigenvalue weighted by Gasteiger charge is -2.33. The van der Waals surface area contributed by atoms with E-state index in [1.165, 1.54) is 30.4 Å². The van der Waals surface area contributed by atoms with Gasteiger partial charge in [0.2, 0.25) is 0 Å². The van der Waals surface area contributed by atoms with Gasteiger partial charge in [-0.15, -0.1) is 0 Å². The van der Waals surface area contributed by atoms with Crippen LogP contribution in [0, 0.1) is 5.41 Å². The maximum absolute atomic E-state index is 10.3. The molecule has 0 aromatic rings. The van der Waals surface area contributed by atoms with Crippen LogP contribution < -0.4 is 0 Å². The van der Waals surface area contributed by atoms with Crippen LogP contribution in [0.3, 0.4) is 0 Å². The Morgan fingerprint density at radius 1 is 1.29 bits per heavy atom. The Balaban J connectivity index is 2.96. The van der Waals surface area contributed by atoms with Crippen LogP contribution in [0.2, 0.25) is 0 Å². The van der Waals surface area contributed by atoms with Crippen LogP contribution in [0.4, 0.5) is 0 Å². The van der Waals surface area contributed by atoms with Gasteiger partial charge in [0.05, 0.1) is 5.60 Å². The average molecular weight is 236 g/mol. The molecule has 1 heteroatoms. The molecule has 0 spiro atoms. The fraction of sp³-hybridized carbons (Fsp3) is 0.750. The lowest BCUT2D eigenvalue weighted by Crippen LogP contribution is -2.24. The standard InChI is InChI=1S/C16H28O/c1-6-16(17,7-2)12-10-14-13(3)9-8-11-15(14,4)5/h10,12,17H,6-9,11H2,1-5H3. The summed E-state index contributed by atoms with van der Waals surface area (Å²) in [5, 5.41) is 10.3. The number of aliphatic hydroxyl groups is 1. The van der Waals surface area contributed by atoms with Gasteiger partial charge >= 0.3 is 0 Å². The first kappa shape index (κ1) is 14.5. The number of rotatable bonds is 4. The largest absolute Gasteiger partial charge is 0.386 e. The average Bonchev–Trinajstić information content (AvgIpc) is 2.27. The summed E-state index contributed by atoms with van der Waals surface area (Å²) in [5.74, 6) is 0. The molecule has 0 bridgehead atoms. The molecule has 1 aliphatic rings. The minimum atomic E-state index is -0.624. The highest BCUT2D eigenvalue weighted by atomic mass is 16.3. The Kier molecular flexibility index (Phi) is 4.60. The van der Waals surface area contributed by atoms with E-state index in [0.717, 1.165) is 12.8 Å². The molecule has 0 aliphatic heterocycles. The Hall–Kier alpha value is -0.560. The summed E-state index contributed by atoms with van der Waals surface area (Å²) in [6.07, 6.45) is 9.52. The lowest BCUT2D eigenvalue weighted by molar-refractivity contribution is 0.0826. The quantitative estimate of drug-likeness (QED) is 0.755. The van der Waals surface area contributed by atoms with Crippen molar-refractivity contribution >= 4 is 0 Å². The van der Waals surface area contributed by atoms with Crippen molar-refractivity contribution in [1.29, 1.82) is 0 Å². The van der Waals surface area contributed by atoms with E-state index in [9.17, 15) is 5.11 Å². The normalized spacial score (nSPS) is 21.3. The van der Waals surface area contributed by atoms with Gasteiger partial charge in [-0.1, -0.05) is 45.4 Å². The van der Waals surface area contributed by atoms with Gasteiger partial charge in [-0.3, -0.25) is 0 Å². The fourth-order valence-corrected chi connectivity index (χ4v) is 2.73. The third-order valence-electron chi connectivity index (χ3n) is 4.33. The van der Waals surface area contributed by atoms with E-state index in [2.05, 4.69) is 26.8 Å². The zero-order chi connectivity index (χ0) is 13.1. The van der Waals surface area contributed by atoms with Gasteiger partial charge < -0.3 is 5.11 Å². The maximum Gasteiger partial charge on any atom is 0.0825 e. The minimum Gasteiger partial charge on any atom is -0.386 e. The molecule has 1 N–H and O–H groups in total. The molecule has 0 saturated heterocycles. The van der Waals surface area contributed by atoms with Crippen molar-refractivity contribution in [2.45, 2.75) is 72.3 Å². The second kappa shape index (κ2) is 5.39. The molecule has 0 aromatic carbocycles. The number of hydrogen-bond acceptors (Lipinski definition) is 1. The lowest BCUT2D eigenvalue weighted by atomic mass is 9.72. The van der Waals surface area contributed by atoms with Gasteiger partial charge in [0.1, 0.15) is 0 Å². The first-order valence-electron chi connectivity index (χ1n) is 6.96. The molecule has 0 heterocycles. The second-order valence-corrected chi connectivity index (χ2v) is 6.08. The van der Waals surface area contributed by atoms with E-state index in [1.807, 2.05) is 19.9 Å². The smallest absolute Gasteiger partial charge is 0.0825 e. The monoisotopic (exact) mass is 236 g/mol. The second-order valence-electron chi connectivity index (χ2n) is 6.08. The van der Waals surface area contributed by atoms with Crippen LogP contribution in [0.5, 0.6) is 0 Å². The molecule has 0 unspecified atom stereocenters. The molecule has 0 radical (unpaired) electrons. The Morgan fingerprint density at radius 2 is 1.88 bits per heavy atom. The van der Waals surface area contributed by atoms with Crippen LogP contribution in [0.25, 0.3) is 0 Å². The topological polar surface area (TPSA) is 20.2 Å². The van der Waals surface area contributed by atoms with Crippen molar-refractivity contribution in [1.82, 2.24) is 0 Å². The zero-order valence-electron chi connectivity index (χ0n) is 12.1. The molecule has 1 rings (SSSR count). The molecule has 0 saturated carbocycles. The van der Waals surface area contributed by atoms with E-state index in [1.54, 1.807) is 0 Å². The van der Waals surface area contributed by atoms with E-state index < -0.39 is 5.60 Å². The van der Waals surface area contributed by atoms with E-state index in [-0.39, 0.29) is 5.41 Å². The van der Waals surface area contributed by atoms with Crippen LogP contribution in [0.15, 0.2) is 23.3 Å². The molecular weight excluding hydrogens is 208 g/mol. The maximum atomic E-state index is 10.3. The predicted molar refractivity (Wildman–Crippen MR) is 75.0 cm³/mol. The third kappa shape index (κ3) is 3.45. The molecule has 98 valence electrons. The summed E-state index contributed by atoms with van der Waals surface area (Å²) in [7, 11) is 0. The highest BCUT2D eigenvalue weighted by Gasteiger charge is 2.27. The number of hydrogen-bond donors (Lipinski definition) is 1. The molecule has 1 nitrogen and oxygen atoms in total. The molecule has 0 amide bonds. The van der Waals surface area contributed by atoms with Gasteiger partial charge in [-0.25, -0.2) is 0 Å². The number of allylic oxidation sites excluding steroid dienone is 3. The van der Waals surface area contributed by atoms with Crippen LogP contribution in [-0.2, 0) is 0 Å². The molecule has 17 heavy (non-hydrogen) atoms. The molecule has 0 fully saturated rings. The van der Waals surface area contributed by atoms with Crippen molar-refractivity contribution in [2.24, 2.45) is 5.41 Å². The first-order chi connectivity index (χ1) is 7.84. The van der Waals surface area contributed by atoms with Crippen LogP contribution in [0.1, 0.15) is 66.7 Å². The van der Waals surface area contributed by atoms with Gasteiger partial charge in [0, 0.05) is 0 Å². The fourth-order valence-electron chi connectivity index (χ4n) is 2.73. The van der Waals surface area contributed by atoms with Gasteiger partial charge in [-0.05, 0) is 50.0 Å². The Bertz CT molecular complexity index is 316. The van der Waals surface area contributed by atoms with Crippen molar-refractivity contribution in [3.63, 3.8) is 0 Å². The van der Waals surface area contributed by atoms with Crippen LogP contribution in [-0.4, -0.2) is 10.7 Å². The molecular formula is C16H28O. The van der Waals surface area contributed by atoms with E-state index >= 15 is 0 Å². The molecule has 0 aromatic heterocycles. The highest BCUT2D eigenvalue weighted by Crippen LogP contribution is 2.41. The van der Waals surface area contributed by atoms with Gasteiger partial charge in [-0.2, -0.15) is 0 Å². The Labute approximate surface area is 107 Å². The van der Waals surface area contributed by atoms with Crippen molar-refractivity contribution in [3.05, 3.63) is 23.3 Å². The van der Waals surface area contributed by atoms with Crippen molar-refractivity contribution < 1.29 is 5.11 Å². The minimum absolute atomic E-state index is 0.265. The summed E-state index contributed by atoms with van der Waals surface area (Å²) in [5.41, 5.74) is 2.57. The highest BCUT2D eigenvalue weighted by molar-refractivity contribution is 5.33. The summed E-state index contributed by atoms with van der Waals surface area (Å²) in [6, 6.07) is 0. The summed E-state index contributed by atoms with van der Waals surface area (Å²) < 4.78 is 0. The van der Waals surface area contributed by atoms with Crippen LogP contribution >= 0.6 is 0 Å². The summed E-state index contributed by atoms with van der Waals surface area (Å²) in [6.45, 7) is 10.9. The van der Waals surface area contributed by atoms with E-state index in [4.69, 9.17) is 0 Å². The van der Waals surface area contributed by atoms with Crippen molar-refractivity contribution in [3.8, 4) is 0 Å². The molecule has 1 aliphatic carbocycles. The van der Waals surface area contributed by atoms with Gasteiger partial charge in [0.15, 0.2) is 0 Å². The third-order valence-corrected chi connectivity index (χ3v) is 4.33. The van der Waals surface area contributed by atoms with Gasteiger partial charge in [0.25, 0.3) is 0 Å². The zero-order valence-corrected chi connectivity index (χ0v) is 12.1. The predicted octanol–water partition coefficient (Wildman–Crippen LogP) is 4.62. The Morgan fingerprint density at radius 3 is 2.35 bits per heavy atom. The van der Waals surface area contributed by atoms with Crippen molar-refractivity contribution in [2.75, 3.05) is 0 Å².